The standard InChI is InChI=1S/C21H21FN2O2/c1-15-2-3-17-13-20(16-4-6-18(22)7-5-16)24(19(17)12-15)14-21(25)23-8-10-26-11-9-23/h2-7,12-13H,8-11,14H2,1H3. The van der Waals surface area contributed by atoms with Crippen molar-refractivity contribution in [3.8, 4) is 11.3 Å². The van der Waals surface area contributed by atoms with Gasteiger partial charge in [-0.2, -0.15) is 0 Å². The van der Waals surface area contributed by atoms with E-state index in [-0.39, 0.29) is 18.3 Å². The van der Waals surface area contributed by atoms with Crippen molar-refractivity contribution in [2.75, 3.05) is 26.3 Å². The second-order valence-electron chi connectivity index (χ2n) is 6.68. The maximum atomic E-state index is 13.3. The van der Waals surface area contributed by atoms with Gasteiger partial charge in [0.15, 0.2) is 0 Å². The quantitative estimate of drug-likeness (QED) is 0.722. The van der Waals surface area contributed by atoms with Gasteiger partial charge >= 0.3 is 0 Å². The van der Waals surface area contributed by atoms with Crippen LogP contribution in [0.1, 0.15) is 5.56 Å². The van der Waals surface area contributed by atoms with Crippen molar-refractivity contribution in [3.05, 3.63) is 59.9 Å². The van der Waals surface area contributed by atoms with Crippen LogP contribution in [0.3, 0.4) is 0 Å². The lowest BCUT2D eigenvalue weighted by atomic mass is 10.1. The normalized spacial score (nSPS) is 14.8. The van der Waals surface area contributed by atoms with Crippen LogP contribution in [0.4, 0.5) is 4.39 Å². The van der Waals surface area contributed by atoms with Crippen LogP contribution < -0.4 is 0 Å². The second kappa shape index (κ2) is 6.92. The number of nitrogens with zero attached hydrogens (tertiary/aromatic N) is 2. The minimum atomic E-state index is -0.267. The fourth-order valence-corrected chi connectivity index (χ4v) is 3.44. The molecule has 26 heavy (non-hydrogen) atoms. The van der Waals surface area contributed by atoms with Crippen LogP contribution >= 0.6 is 0 Å². The number of hydrogen-bond acceptors (Lipinski definition) is 2. The molecule has 4 rings (SSSR count). The van der Waals surface area contributed by atoms with Crippen LogP contribution in [0, 0.1) is 12.7 Å². The Morgan fingerprint density at radius 1 is 1.08 bits per heavy atom. The Morgan fingerprint density at radius 2 is 1.81 bits per heavy atom. The fourth-order valence-electron chi connectivity index (χ4n) is 3.44. The van der Waals surface area contributed by atoms with E-state index in [1.807, 2.05) is 16.4 Å². The first-order valence-corrected chi connectivity index (χ1v) is 8.83. The van der Waals surface area contributed by atoms with Crippen LogP contribution in [0.2, 0.25) is 0 Å². The number of aryl methyl sites for hydroxylation is 1. The van der Waals surface area contributed by atoms with E-state index < -0.39 is 0 Å². The predicted molar refractivity (Wildman–Crippen MR) is 99.5 cm³/mol. The molecule has 1 aliphatic heterocycles. The number of rotatable bonds is 3. The molecule has 0 radical (unpaired) electrons. The molecule has 1 fully saturated rings. The number of carbonyl (C=O) groups excluding carboxylic acids is 1. The van der Waals surface area contributed by atoms with Gasteiger partial charge in [-0.25, -0.2) is 4.39 Å². The molecule has 5 heteroatoms. The first-order chi connectivity index (χ1) is 12.6. The highest BCUT2D eigenvalue weighted by molar-refractivity contribution is 5.89. The van der Waals surface area contributed by atoms with E-state index in [0.29, 0.717) is 26.3 Å². The summed E-state index contributed by atoms with van der Waals surface area (Å²) in [7, 11) is 0. The van der Waals surface area contributed by atoms with Crippen molar-refractivity contribution in [2.24, 2.45) is 0 Å². The molecule has 134 valence electrons. The average molecular weight is 352 g/mol. The third-order valence-electron chi connectivity index (χ3n) is 4.86. The molecule has 1 aliphatic rings. The topological polar surface area (TPSA) is 34.5 Å². The zero-order valence-electron chi connectivity index (χ0n) is 14.7. The van der Waals surface area contributed by atoms with Crippen LogP contribution in [-0.4, -0.2) is 41.7 Å². The van der Waals surface area contributed by atoms with Gasteiger partial charge in [-0.05, 0) is 54.4 Å². The van der Waals surface area contributed by atoms with Crippen molar-refractivity contribution in [3.63, 3.8) is 0 Å². The zero-order chi connectivity index (χ0) is 18.1. The molecule has 1 saturated heterocycles. The molecular weight excluding hydrogens is 331 g/mol. The van der Waals surface area contributed by atoms with Gasteiger partial charge in [0.1, 0.15) is 12.4 Å². The highest BCUT2D eigenvalue weighted by Gasteiger charge is 2.20. The highest BCUT2D eigenvalue weighted by Crippen LogP contribution is 2.29. The number of ether oxygens (including phenoxy) is 1. The van der Waals surface area contributed by atoms with E-state index in [4.69, 9.17) is 4.74 Å². The lowest BCUT2D eigenvalue weighted by molar-refractivity contribution is -0.135. The summed E-state index contributed by atoms with van der Waals surface area (Å²) in [4.78, 5) is 14.7. The maximum absolute atomic E-state index is 13.3. The fraction of sp³-hybridized carbons (Fsp3) is 0.286. The Hall–Kier alpha value is -2.66. The molecule has 4 nitrogen and oxygen atoms in total. The number of aromatic nitrogens is 1. The Balaban J connectivity index is 1.77. The Bertz CT molecular complexity index is 941. The van der Waals surface area contributed by atoms with E-state index in [1.165, 1.54) is 12.1 Å². The van der Waals surface area contributed by atoms with Crippen LogP contribution in [0.25, 0.3) is 22.2 Å². The first-order valence-electron chi connectivity index (χ1n) is 8.83. The molecular formula is C21H21FN2O2. The number of morpholine rings is 1. The summed E-state index contributed by atoms with van der Waals surface area (Å²) >= 11 is 0. The molecule has 0 aliphatic carbocycles. The van der Waals surface area contributed by atoms with Gasteiger partial charge in [-0.3, -0.25) is 4.79 Å². The van der Waals surface area contributed by atoms with Crippen molar-refractivity contribution >= 4 is 16.8 Å². The summed E-state index contributed by atoms with van der Waals surface area (Å²) in [6.45, 7) is 4.73. The third-order valence-corrected chi connectivity index (χ3v) is 4.86. The Labute approximate surface area is 151 Å². The van der Waals surface area contributed by atoms with Gasteiger partial charge in [0.25, 0.3) is 0 Å². The number of fused-ring (bicyclic) bond motifs is 1. The molecule has 2 aromatic carbocycles. The molecule has 1 amide bonds. The third kappa shape index (κ3) is 3.22. The largest absolute Gasteiger partial charge is 0.378 e. The Kier molecular flexibility index (Phi) is 4.47. The van der Waals surface area contributed by atoms with Crippen molar-refractivity contribution in [1.82, 2.24) is 9.47 Å². The molecule has 1 aromatic heterocycles. The molecule has 0 saturated carbocycles. The summed E-state index contributed by atoms with van der Waals surface area (Å²) in [6, 6.07) is 14.7. The Morgan fingerprint density at radius 3 is 2.54 bits per heavy atom. The summed E-state index contributed by atoms with van der Waals surface area (Å²) in [5, 5.41) is 1.07. The van der Waals surface area contributed by atoms with Crippen LogP contribution in [0.5, 0.6) is 0 Å². The number of hydrogen-bond donors (Lipinski definition) is 0. The van der Waals surface area contributed by atoms with E-state index in [1.54, 1.807) is 12.1 Å². The van der Waals surface area contributed by atoms with E-state index in [0.717, 1.165) is 27.7 Å². The lowest BCUT2D eigenvalue weighted by Crippen LogP contribution is -2.42. The van der Waals surface area contributed by atoms with E-state index >= 15 is 0 Å². The molecule has 0 N–H and O–H groups in total. The second-order valence-corrected chi connectivity index (χ2v) is 6.68. The van der Waals surface area contributed by atoms with Gasteiger partial charge in [0.2, 0.25) is 5.91 Å². The van der Waals surface area contributed by atoms with Gasteiger partial charge in [-0.1, -0.05) is 12.1 Å². The van der Waals surface area contributed by atoms with Crippen LogP contribution in [0.15, 0.2) is 48.5 Å². The highest BCUT2D eigenvalue weighted by atomic mass is 19.1. The SMILES string of the molecule is Cc1ccc2cc(-c3ccc(F)cc3)n(CC(=O)N3CCOCC3)c2c1. The molecule has 3 aromatic rings. The molecule has 0 unspecified atom stereocenters. The number of carbonyl (C=O) groups is 1. The van der Waals surface area contributed by atoms with Gasteiger partial charge < -0.3 is 14.2 Å². The summed E-state index contributed by atoms with van der Waals surface area (Å²) in [6.07, 6.45) is 0. The summed E-state index contributed by atoms with van der Waals surface area (Å²) in [5.74, 6) is -0.188. The minimum absolute atomic E-state index is 0.0793. The molecule has 0 atom stereocenters. The lowest BCUT2D eigenvalue weighted by Gasteiger charge is -2.27. The maximum Gasteiger partial charge on any atom is 0.242 e. The molecule has 0 spiro atoms. The van der Waals surface area contributed by atoms with Crippen LogP contribution in [-0.2, 0) is 16.1 Å². The summed E-state index contributed by atoms with van der Waals surface area (Å²) < 4.78 is 20.7. The van der Waals surface area contributed by atoms with Gasteiger partial charge in [0, 0.05) is 29.7 Å². The van der Waals surface area contributed by atoms with E-state index in [9.17, 15) is 9.18 Å². The number of benzene rings is 2. The van der Waals surface area contributed by atoms with Crippen molar-refractivity contribution < 1.29 is 13.9 Å². The van der Waals surface area contributed by atoms with Gasteiger partial charge in [-0.15, -0.1) is 0 Å². The average Bonchev–Trinajstić information content (AvgIpc) is 3.01. The smallest absolute Gasteiger partial charge is 0.242 e. The molecule has 2 heterocycles. The monoisotopic (exact) mass is 352 g/mol. The van der Waals surface area contributed by atoms with Gasteiger partial charge in [0.05, 0.1) is 13.2 Å². The first kappa shape index (κ1) is 16.8. The minimum Gasteiger partial charge on any atom is -0.378 e. The predicted octanol–water partition coefficient (Wildman–Crippen LogP) is 3.61. The van der Waals surface area contributed by atoms with Crippen molar-refractivity contribution in [2.45, 2.75) is 13.5 Å². The zero-order valence-corrected chi connectivity index (χ0v) is 14.7. The number of halogens is 1. The van der Waals surface area contributed by atoms with E-state index in [2.05, 4.69) is 24.3 Å². The molecule has 0 bridgehead atoms. The summed E-state index contributed by atoms with van der Waals surface area (Å²) in [5.41, 5.74) is 3.98. The number of amides is 1. The van der Waals surface area contributed by atoms with Crippen molar-refractivity contribution in [1.29, 1.82) is 0 Å².